The van der Waals surface area contributed by atoms with E-state index in [9.17, 15) is 0 Å². The van der Waals surface area contributed by atoms with Crippen LogP contribution in [0.15, 0.2) is 12.3 Å². The molecule has 0 aromatic carbocycles. The molecule has 0 spiro atoms. The van der Waals surface area contributed by atoms with E-state index in [-0.39, 0.29) is 0 Å². The Balaban J connectivity index is 2.85. The number of hydrogen-bond acceptors (Lipinski definition) is 3. The average Bonchev–Trinajstić information content (AvgIpc) is 2.17. The molecule has 0 saturated carbocycles. The number of pyridine rings is 1. The van der Waals surface area contributed by atoms with E-state index in [2.05, 4.69) is 38.8 Å². The van der Waals surface area contributed by atoms with Crippen LogP contribution in [0.4, 0.5) is 5.69 Å². The molecule has 0 amide bonds. The summed E-state index contributed by atoms with van der Waals surface area (Å²) in [6, 6.07) is 1.82. The molecular weight excluding hydrogens is 279 g/mol. The number of terminal acetylenes is 1. The minimum absolute atomic E-state index is 0.503. The van der Waals surface area contributed by atoms with E-state index >= 15 is 0 Å². The summed E-state index contributed by atoms with van der Waals surface area (Å²) in [7, 11) is 1.58. The molecule has 1 aromatic rings. The van der Waals surface area contributed by atoms with Gasteiger partial charge in [-0.3, -0.25) is 0 Å². The maximum Gasteiger partial charge on any atom is 0.215 e. The highest BCUT2D eigenvalue weighted by Crippen LogP contribution is 2.20. The fourth-order valence-electron chi connectivity index (χ4n) is 0.813. The van der Waals surface area contributed by atoms with E-state index in [4.69, 9.17) is 11.2 Å². The van der Waals surface area contributed by atoms with Crippen LogP contribution in [0.3, 0.4) is 0 Å². The van der Waals surface area contributed by atoms with E-state index in [0.717, 1.165) is 9.26 Å². The minimum atomic E-state index is 0.503. The lowest BCUT2D eigenvalue weighted by Crippen LogP contribution is -2.01. The zero-order valence-electron chi connectivity index (χ0n) is 7.17. The molecule has 4 heteroatoms. The van der Waals surface area contributed by atoms with Gasteiger partial charge in [-0.15, -0.1) is 6.42 Å². The number of hydrogen-bond donors (Lipinski definition) is 1. The van der Waals surface area contributed by atoms with Crippen molar-refractivity contribution in [3.63, 3.8) is 0 Å². The van der Waals surface area contributed by atoms with Crippen LogP contribution < -0.4 is 10.1 Å². The van der Waals surface area contributed by atoms with E-state index in [1.54, 1.807) is 13.3 Å². The first kappa shape index (κ1) is 10.1. The first-order chi connectivity index (χ1) is 6.27. The van der Waals surface area contributed by atoms with Crippen LogP contribution in [-0.2, 0) is 0 Å². The summed E-state index contributed by atoms with van der Waals surface area (Å²) in [4.78, 5) is 4.04. The van der Waals surface area contributed by atoms with Gasteiger partial charge in [0.2, 0.25) is 5.88 Å². The van der Waals surface area contributed by atoms with Crippen LogP contribution in [0.1, 0.15) is 0 Å². The van der Waals surface area contributed by atoms with Gasteiger partial charge >= 0.3 is 0 Å². The molecule has 0 saturated heterocycles. The average molecular weight is 288 g/mol. The van der Waals surface area contributed by atoms with Gasteiger partial charge in [-0.1, -0.05) is 5.92 Å². The van der Waals surface area contributed by atoms with Crippen LogP contribution in [0.25, 0.3) is 0 Å². The lowest BCUT2D eigenvalue weighted by atomic mass is 10.4. The molecule has 0 bridgehead atoms. The van der Waals surface area contributed by atoms with Gasteiger partial charge in [-0.05, 0) is 22.6 Å². The molecule has 1 rings (SSSR count). The van der Waals surface area contributed by atoms with Crippen molar-refractivity contribution in [3.8, 4) is 18.2 Å². The molecule has 68 valence electrons. The molecule has 0 radical (unpaired) electrons. The van der Waals surface area contributed by atoms with E-state index in [0.29, 0.717) is 12.4 Å². The Kier molecular flexibility index (Phi) is 3.83. The van der Waals surface area contributed by atoms with Crippen molar-refractivity contribution >= 4 is 28.3 Å². The summed E-state index contributed by atoms with van der Waals surface area (Å²) < 4.78 is 6.01. The van der Waals surface area contributed by atoms with Crippen LogP contribution in [0, 0.1) is 15.9 Å². The fraction of sp³-hybridized carbons (Fsp3) is 0.222. The van der Waals surface area contributed by atoms with Crippen LogP contribution >= 0.6 is 22.6 Å². The number of aromatic nitrogens is 1. The lowest BCUT2D eigenvalue weighted by molar-refractivity contribution is 0.398. The SMILES string of the molecule is C#CCNc1cc(OC)ncc1I. The predicted octanol–water partition coefficient (Wildman–Crippen LogP) is 1.74. The van der Waals surface area contributed by atoms with Crippen LogP contribution in [0.5, 0.6) is 5.88 Å². The van der Waals surface area contributed by atoms with E-state index < -0.39 is 0 Å². The second kappa shape index (κ2) is 4.92. The number of nitrogens with zero attached hydrogens (tertiary/aromatic N) is 1. The lowest BCUT2D eigenvalue weighted by Gasteiger charge is -2.06. The number of halogens is 1. The number of methoxy groups -OCH3 is 1. The molecule has 0 aliphatic heterocycles. The molecule has 0 atom stereocenters. The predicted molar refractivity (Wildman–Crippen MR) is 60.8 cm³/mol. The third kappa shape index (κ3) is 2.77. The summed E-state index contributed by atoms with van der Waals surface area (Å²) in [6.07, 6.45) is 6.87. The van der Waals surface area contributed by atoms with Gasteiger partial charge in [0.05, 0.1) is 22.9 Å². The van der Waals surface area contributed by atoms with Crippen molar-refractivity contribution < 1.29 is 4.74 Å². The standard InChI is InChI=1S/C9H9IN2O/c1-3-4-11-8-5-9(13-2)12-6-7(8)10/h1,5-6H,4H2,2H3,(H,11,12). The number of ether oxygens (including phenoxy) is 1. The smallest absolute Gasteiger partial charge is 0.215 e. The minimum Gasteiger partial charge on any atom is -0.481 e. The maximum absolute atomic E-state index is 5.14. The van der Waals surface area contributed by atoms with Gasteiger partial charge in [0.15, 0.2) is 0 Å². The summed E-state index contributed by atoms with van der Waals surface area (Å²) in [5.41, 5.74) is 0.949. The second-order valence-corrected chi connectivity index (χ2v) is 3.43. The summed E-state index contributed by atoms with van der Waals surface area (Å²) in [6.45, 7) is 0.503. The topological polar surface area (TPSA) is 34.1 Å². The molecule has 13 heavy (non-hydrogen) atoms. The van der Waals surface area contributed by atoms with Crippen molar-refractivity contribution in [2.45, 2.75) is 0 Å². The second-order valence-electron chi connectivity index (χ2n) is 2.26. The largest absolute Gasteiger partial charge is 0.481 e. The van der Waals surface area contributed by atoms with Gasteiger partial charge < -0.3 is 10.1 Å². The normalized spacial score (nSPS) is 9.00. The first-order valence-corrected chi connectivity index (χ1v) is 4.72. The van der Waals surface area contributed by atoms with Gasteiger partial charge in [-0.2, -0.15) is 0 Å². The van der Waals surface area contributed by atoms with E-state index in [1.807, 2.05) is 6.07 Å². The Bertz CT molecular complexity index is 333. The number of rotatable bonds is 3. The maximum atomic E-state index is 5.14. The molecule has 0 aliphatic carbocycles. The first-order valence-electron chi connectivity index (χ1n) is 3.64. The van der Waals surface area contributed by atoms with Gasteiger partial charge in [-0.25, -0.2) is 4.98 Å². The molecule has 3 nitrogen and oxygen atoms in total. The van der Waals surface area contributed by atoms with Crippen molar-refractivity contribution in [3.05, 3.63) is 15.8 Å². The van der Waals surface area contributed by atoms with Gasteiger partial charge in [0.1, 0.15) is 0 Å². The highest BCUT2D eigenvalue weighted by Gasteiger charge is 2.01. The fourth-order valence-corrected chi connectivity index (χ4v) is 1.30. The summed E-state index contributed by atoms with van der Waals surface area (Å²) in [5, 5.41) is 3.07. The van der Waals surface area contributed by atoms with Crippen LogP contribution in [-0.4, -0.2) is 18.6 Å². The van der Waals surface area contributed by atoms with Gasteiger partial charge in [0, 0.05) is 12.3 Å². The van der Waals surface area contributed by atoms with Crippen LogP contribution in [0.2, 0.25) is 0 Å². The molecule has 0 unspecified atom stereocenters. The summed E-state index contributed by atoms with van der Waals surface area (Å²) >= 11 is 2.18. The number of anilines is 1. The Morgan fingerprint density at radius 1 is 1.77 bits per heavy atom. The molecule has 1 N–H and O–H groups in total. The molecule has 0 fully saturated rings. The van der Waals surface area contributed by atoms with Crippen molar-refractivity contribution in [1.82, 2.24) is 4.98 Å². The molecule has 1 heterocycles. The highest BCUT2D eigenvalue weighted by atomic mass is 127. The van der Waals surface area contributed by atoms with E-state index in [1.165, 1.54) is 0 Å². The third-order valence-corrected chi connectivity index (χ3v) is 2.28. The quantitative estimate of drug-likeness (QED) is 0.679. The zero-order valence-corrected chi connectivity index (χ0v) is 9.33. The third-order valence-electron chi connectivity index (χ3n) is 1.42. The van der Waals surface area contributed by atoms with Crippen molar-refractivity contribution in [1.29, 1.82) is 0 Å². The molecule has 0 aliphatic rings. The summed E-state index contributed by atoms with van der Waals surface area (Å²) in [5.74, 6) is 3.09. The van der Waals surface area contributed by atoms with Crippen molar-refractivity contribution in [2.24, 2.45) is 0 Å². The van der Waals surface area contributed by atoms with Crippen molar-refractivity contribution in [2.75, 3.05) is 19.0 Å². The molecular formula is C9H9IN2O. The Morgan fingerprint density at radius 2 is 2.54 bits per heavy atom. The molecule has 1 aromatic heterocycles. The number of nitrogens with one attached hydrogen (secondary N) is 1. The van der Waals surface area contributed by atoms with Gasteiger partial charge in [0.25, 0.3) is 0 Å². The Hall–Kier alpha value is -0.960. The Labute approximate surface area is 91.0 Å². The zero-order chi connectivity index (χ0) is 9.68. The monoisotopic (exact) mass is 288 g/mol. The Morgan fingerprint density at radius 3 is 3.15 bits per heavy atom. The highest BCUT2D eigenvalue weighted by molar-refractivity contribution is 14.1.